The minimum Gasteiger partial charge on any atom is -0.382 e. The number of hydrogen-bond acceptors (Lipinski definition) is 4. The number of rotatable bonds is 4. The number of nitrogens with zero attached hydrogens (tertiary/aromatic N) is 2. The van der Waals surface area contributed by atoms with E-state index in [2.05, 4.69) is 32.7 Å². The Hall–Kier alpha value is -1.07. The Morgan fingerprint density at radius 2 is 2.22 bits per heavy atom. The van der Waals surface area contributed by atoms with Crippen LogP contribution >= 0.6 is 15.9 Å². The molecule has 0 saturated carbocycles. The molecule has 1 aliphatic rings. The second-order valence-corrected chi connectivity index (χ2v) is 5.33. The fraction of sp³-hybridized carbons (Fsp3) is 0.462. The van der Waals surface area contributed by atoms with E-state index in [4.69, 9.17) is 10.5 Å². The summed E-state index contributed by atoms with van der Waals surface area (Å²) in [5.74, 6) is 0.556. The average Bonchev–Trinajstić information content (AvgIpc) is 2.69. The lowest BCUT2D eigenvalue weighted by Crippen LogP contribution is -2.54. The van der Waals surface area contributed by atoms with Crippen LogP contribution in [0.4, 0.5) is 5.69 Å². The van der Waals surface area contributed by atoms with Gasteiger partial charge in [-0.3, -0.25) is 4.99 Å². The van der Waals surface area contributed by atoms with E-state index in [0.29, 0.717) is 19.1 Å². The van der Waals surface area contributed by atoms with Crippen LogP contribution < -0.4 is 10.6 Å². The molecule has 1 heterocycles. The van der Waals surface area contributed by atoms with Crippen molar-refractivity contribution in [3.63, 3.8) is 0 Å². The summed E-state index contributed by atoms with van der Waals surface area (Å²) in [6, 6.07) is 8.03. The zero-order valence-electron chi connectivity index (χ0n) is 10.7. The minimum atomic E-state index is -0.178. The summed E-state index contributed by atoms with van der Waals surface area (Å²) in [4.78, 5) is 6.48. The SMILES string of the molecule is CCC1(COC)CN=C(N)N1c1ccccc1Br. The van der Waals surface area contributed by atoms with Gasteiger partial charge in [-0.1, -0.05) is 19.1 Å². The first kappa shape index (κ1) is 13.4. The van der Waals surface area contributed by atoms with E-state index in [0.717, 1.165) is 16.6 Å². The van der Waals surface area contributed by atoms with Crippen molar-refractivity contribution in [2.24, 2.45) is 10.7 Å². The van der Waals surface area contributed by atoms with Crippen molar-refractivity contribution in [2.45, 2.75) is 18.9 Å². The number of halogens is 1. The van der Waals surface area contributed by atoms with E-state index in [-0.39, 0.29) is 5.54 Å². The van der Waals surface area contributed by atoms with E-state index < -0.39 is 0 Å². The number of aliphatic imine (C=N–C) groups is 1. The lowest BCUT2D eigenvalue weighted by atomic mass is 9.95. The highest BCUT2D eigenvalue weighted by Gasteiger charge is 2.42. The second kappa shape index (κ2) is 5.28. The fourth-order valence-corrected chi connectivity index (χ4v) is 2.84. The standard InChI is InChI=1S/C13H18BrN3O/c1-3-13(9-18-2)8-16-12(15)17(13)11-7-5-4-6-10(11)14/h4-7H,3,8-9H2,1-2H3,(H2,15,16). The molecule has 0 amide bonds. The topological polar surface area (TPSA) is 50.9 Å². The Morgan fingerprint density at radius 3 is 2.83 bits per heavy atom. The van der Waals surface area contributed by atoms with Crippen molar-refractivity contribution in [1.29, 1.82) is 0 Å². The van der Waals surface area contributed by atoms with Gasteiger partial charge in [-0.2, -0.15) is 0 Å². The van der Waals surface area contributed by atoms with Gasteiger partial charge in [-0.15, -0.1) is 0 Å². The summed E-state index contributed by atoms with van der Waals surface area (Å²) in [5.41, 5.74) is 6.92. The van der Waals surface area contributed by atoms with Gasteiger partial charge in [0.2, 0.25) is 0 Å². The number of benzene rings is 1. The first-order valence-electron chi connectivity index (χ1n) is 5.98. The molecule has 0 bridgehead atoms. The third kappa shape index (κ3) is 2.12. The molecule has 1 aromatic rings. The Labute approximate surface area is 116 Å². The zero-order chi connectivity index (χ0) is 13.2. The third-order valence-corrected chi connectivity index (χ3v) is 4.07. The van der Waals surface area contributed by atoms with Crippen LogP contribution in [0.1, 0.15) is 13.3 Å². The normalized spacial score (nSPS) is 23.3. The lowest BCUT2D eigenvalue weighted by molar-refractivity contribution is 0.138. The summed E-state index contributed by atoms with van der Waals surface area (Å²) in [5, 5.41) is 0. The van der Waals surface area contributed by atoms with Crippen LogP contribution in [0.5, 0.6) is 0 Å². The van der Waals surface area contributed by atoms with E-state index in [9.17, 15) is 0 Å². The van der Waals surface area contributed by atoms with Crippen LogP contribution in [0.25, 0.3) is 0 Å². The van der Waals surface area contributed by atoms with Gasteiger partial charge in [-0.25, -0.2) is 0 Å². The summed E-state index contributed by atoms with van der Waals surface area (Å²) < 4.78 is 6.39. The Kier molecular flexibility index (Phi) is 3.92. The summed E-state index contributed by atoms with van der Waals surface area (Å²) in [7, 11) is 1.71. The predicted octanol–water partition coefficient (Wildman–Crippen LogP) is 2.38. The molecule has 5 heteroatoms. The highest BCUT2D eigenvalue weighted by atomic mass is 79.9. The molecule has 0 saturated heterocycles. The molecule has 1 aromatic carbocycles. The van der Waals surface area contributed by atoms with Gasteiger partial charge < -0.3 is 15.4 Å². The smallest absolute Gasteiger partial charge is 0.196 e. The van der Waals surface area contributed by atoms with Gasteiger partial charge in [0, 0.05) is 11.6 Å². The molecule has 18 heavy (non-hydrogen) atoms. The van der Waals surface area contributed by atoms with E-state index >= 15 is 0 Å². The predicted molar refractivity (Wildman–Crippen MR) is 78.0 cm³/mol. The molecule has 0 fully saturated rings. The lowest BCUT2D eigenvalue weighted by Gasteiger charge is -2.38. The van der Waals surface area contributed by atoms with Gasteiger partial charge >= 0.3 is 0 Å². The number of anilines is 1. The molecule has 0 aromatic heterocycles. The number of nitrogens with two attached hydrogens (primary N) is 1. The number of guanidine groups is 1. The van der Waals surface area contributed by atoms with Crippen LogP contribution in [-0.2, 0) is 4.74 Å². The zero-order valence-corrected chi connectivity index (χ0v) is 12.3. The van der Waals surface area contributed by atoms with Gasteiger partial charge in [-0.05, 0) is 34.5 Å². The van der Waals surface area contributed by atoms with Crippen LogP contribution in [0.3, 0.4) is 0 Å². The largest absolute Gasteiger partial charge is 0.382 e. The monoisotopic (exact) mass is 311 g/mol. The van der Waals surface area contributed by atoms with Crippen molar-refractivity contribution in [2.75, 3.05) is 25.2 Å². The minimum absolute atomic E-state index is 0.178. The van der Waals surface area contributed by atoms with Crippen molar-refractivity contribution in [3.05, 3.63) is 28.7 Å². The van der Waals surface area contributed by atoms with Crippen LogP contribution in [0, 0.1) is 0 Å². The summed E-state index contributed by atoms with van der Waals surface area (Å²) >= 11 is 3.57. The molecular weight excluding hydrogens is 294 g/mol. The number of ether oxygens (including phenoxy) is 1. The summed E-state index contributed by atoms with van der Waals surface area (Å²) in [6.45, 7) is 3.41. The average molecular weight is 312 g/mol. The summed E-state index contributed by atoms with van der Waals surface area (Å²) in [6.07, 6.45) is 0.923. The van der Waals surface area contributed by atoms with Gasteiger partial charge in [0.05, 0.1) is 24.4 Å². The van der Waals surface area contributed by atoms with Gasteiger partial charge in [0.25, 0.3) is 0 Å². The molecule has 98 valence electrons. The molecule has 1 atom stereocenters. The molecule has 4 nitrogen and oxygen atoms in total. The Morgan fingerprint density at radius 1 is 1.50 bits per heavy atom. The quantitative estimate of drug-likeness (QED) is 0.929. The Bertz CT molecular complexity index is 463. The molecule has 0 aliphatic carbocycles. The number of hydrogen-bond donors (Lipinski definition) is 1. The van der Waals surface area contributed by atoms with Crippen molar-refractivity contribution < 1.29 is 4.74 Å². The van der Waals surface area contributed by atoms with E-state index in [1.807, 2.05) is 24.3 Å². The van der Waals surface area contributed by atoms with E-state index in [1.54, 1.807) is 7.11 Å². The van der Waals surface area contributed by atoms with Gasteiger partial charge in [0.15, 0.2) is 5.96 Å². The highest BCUT2D eigenvalue weighted by Crippen LogP contribution is 2.35. The maximum atomic E-state index is 6.06. The molecule has 1 aliphatic heterocycles. The second-order valence-electron chi connectivity index (χ2n) is 4.47. The molecule has 1 unspecified atom stereocenters. The molecule has 0 spiro atoms. The van der Waals surface area contributed by atoms with Crippen LogP contribution in [0.2, 0.25) is 0 Å². The van der Waals surface area contributed by atoms with Crippen molar-refractivity contribution in [3.8, 4) is 0 Å². The van der Waals surface area contributed by atoms with Crippen molar-refractivity contribution in [1.82, 2.24) is 0 Å². The number of para-hydroxylation sites is 1. The maximum absolute atomic E-state index is 6.06. The van der Waals surface area contributed by atoms with E-state index in [1.165, 1.54) is 0 Å². The Balaban J connectivity index is 2.45. The molecule has 0 radical (unpaired) electrons. The van der Waals surface area contributed by atoms with Crippen LogP contribution in [-0.4, -0.2) is 31.8 Å². The van der Waals surface area contributed by atoms with Crippen LogP contribution in [0.15, 0.2) is 33.7 Å². The first-order chi connectivity index (χ1) is 8.64. The molecule has 2 rings (SSSR count). The van der Waals surface area contributed by atoms with Gasteiger partial charge in [0.1, 0.15) is 0 Å². The maximum Gasteiger partial charge on any atom is 0.196 e. The first-order valence-corrected chi connectivity index (χ1v) is 6.77. The third-order valence-electron chi connectivity index (χ3n) is 3.40. The highest BCUT2D eigenvalue weighted by molar-refractivity contribution is 9.10. The molecular formula is C13H18BrN3O. The molecule has 2 N–H and O–H groups in total. The number of methoxy groups -OCH3 is 1. The van der Waals surface area contributed by atoms with Crippen molar-refractivity contribution >= 4 is 27.6 Å². The fourth-order valence-electron chi connectivity index (χ4n) is 2.38.